The first-order chi connectivity index (χ1) is 6.27. The maximum atomic E-state index is 5.48. The molecule has 13 heavy (non-hydrogen) atoms. The molecule has 0 fully saturated rings. The third-order valence-electron chi connectivity index (χ3n) is 1.73. The van der Waals surface area contributed by atoms with E-state index in [0.717, 1.165) is 11.3 Å². The summed E-state index contributed by atoms with van der Waals surface area (Å²) in [5.74, 6) is 0.278. The summed E-state index contributed by atoms with van der Waals surface area (Å²) >= 11 is 0. The molecule has 0 saturated carbocycles. The number of rotatable bonds is 2. The molecule has 68 valence electrons. The Morgan fingerprint density at radius 3 is 3.00 bits per heavy atom. The topological polar surface area (TPSA) is 95.6 Å². The summed E-state index contributed by atoms with van der Waals surface area (Å²) < 4.78 is 6.23. The van der Waals surface area contributed by atoms with E-state index in [1.165, 1.54) is 4.68 Å². The van der Waals surface area contributed by atoms with Crippen molar-refractivity contribution in [3.63, 3.8) is 0 Å². The van der Waals surface area contributed by atoms with Crippen LogP contribution >= 0.6 is 0 Å². The lowest BCUT2D eigenvalue weighted by Gasteiger charge is -1.97. The molecule has 2 rings (SSSR count). The van der Waals surface area contributed by atoms with Crippen LogP contribution in [0.3, 0.4) is 0 Å². The Morgan fingerprint density at radius 2 is 2.46 bits per heavy atom. The van der Waals surface area contributed by atoms with E-state index in [1.54, 1.807) is 6.26 Å². The molecule has 7 nitrogen and oxygen atoms in total. The standard InChI is InChI=1S/C6H8N6O/c1-4-5(3-13-9-4)2-12-6(7)8-10-11-12/h3H,2H2,1H3,(H2,7,8,11). The smallest absolute Gasteiger partial charge is 0.240 e. The van der Waals surface area contributed by atoms with E-state index in [4.69, 9.17) is 10.3 Å². The molecule has 0 radical (unpaired) electrons. The van der Waals surface area contributed by atoms with Crippen LogP contribution in [0.15, 0.2) is 10.8 Å². The fraction of sp³-hybridized carbons (Fsp3) is 0.333. The quantitative estimate of drug-likeness (QED) is 0.675. The van der Waals surface area contributed by atoms with Crippen molar-refractivity contribution in [2.75, 3.05) is 5.73 Å². The van der Waals surface area contributed by atoms with Crippen molar-refractivity contribution in [3.8, 4) is 0 Å². The molecule has 0 atom stereocenters. The van der Waals surface area contributed by atoms with Gasteiger partial charge in [0.2, 0.25) is 5.95 Å². The van der Waals surface area contributed by atoms with Gasteiger partial charge in [0.15, 0.2) is 0 Å². The van der Waals surface area contributed by atoms with E-state index in [-0.39, 0.29) is 5.95 Å². The largest absolute Gasteiger partial charge is 0.367 e. The molecule has 0 aliphatic heterocycles. The number of nitrogens with two attached hydrogens (primary N) is 1. The fourth-order valence-electron chi connectivity index (χ4n) is 0.950. The molecule has 0 bridgehead atoms. The van der Waals surface area contributed by atoms with E-state index in [9.17, 15) is 0 Å². The van der Waals surface area contributed by atoms with Gasteiger partial charge in [-0.3, -0.25) is 0 Å². The molecule has 0 saturated heterocycles. The highest BCUT2D eigenvalue weighted by Gasteiger charge is 2.06. The zero-order valence-corrected chi connectivity index (χ0v) is 7.01. The van der Waals surface area contributed by atoms with Gasteiger partial charge in [0.05, 0.1) is 12.2 Å². The molecule has 2 N–H and O–H groups in total. The average molecular weight is 180 g/mol. The number of nitrogen functional groups attached to an aromatic ring is 1. The van der Waals surface area contributed by atoms with Crippen molar-refractivity contribution in [1.29, 1.82) is 0 Å². The molecule has 0 amide bonds. The molecule has 2 heterocycles. The summed E-state index contributed by atoms with van der Waals surface area (Å²) in [4.78, 5) is 0. The number of tetrazole rings is 1. The number of aryl methyl sites for hydroxylation is 1. The van der Waals surface area contributed by atoms with Crippen molar-refractivity contribution in [1.82, 2.24) is 25.4 Å². The number of aromatic nitrogens is 5. The van der Waals surface area contributed by atoms with Crippen molar-refractivity contribution < 1.29 is 4.52 Å². The van der Waals surface area contributed by atoms with Crippen LogP contribution < -0.4 is 5.73 Å². The van der Waals surface area contributed by atoms with E-state index >= 15 is 0 Å². The second-order valence-corrected chi connectivity index (χ2v) is 2.62. The van der Waals surface area contributed by atoms with Crippen LogP contribution in [0.2, 0.25) is 0 Å². The van der Waals surface area contributed by atoms with E-state index in [2.05, 4.69) is 20.7 Å². The highest BCUT2D eigenvalue weighted by molar-refractivity contribution is 5.17. The van der Waals surface area contributed by atoms with Gasteiger partial charge < -0.3 is 10.3 Å². The van der Waals surface area contributed by atoms with E-state index in [0.29, 0.717) is 6.54 Å². The normalized spacial score (nSPS) is 10.5. The Bertz CT molecular complexity index is 366. The number of hydrogen-bond donors (Lipinski definition) is 1. The third kappa shape index (κ3) is 1.35. The van der Waals surface area contributed by atoms with E-state index < -0.39 is 0 Å². The van der Waals surface area contributed by atoms with Crippen LogP contribution in [0.25, 0.3) is 0 Å². The summed E-state index contributed by atoms with van der Waals surface area (Å²) in [6.45, 7) is 2.33. The van der Waals surface area contributed by atoms with Gasteiger partial charge in [-0.1, -0.05) is 10.3 Å². The number of nitrogens with zero attached hydrogens (tertiary/aromatic N) is 5. The molecule has 0 aliphatic carbocycles. The first-order valence-electron chi connectivity index (χ1n) is 3.69. The lowest BCUT2D eigenvalue weighted by Crippen LogP contribution is -2.06. The SMILES string of the molecule is Cc1nocc1Cn1nnnc1N. The minimum atomic E-state index is 0.278. The van der Waals surface area contributed by atoms with Gasteiger partial charge >= 0.3 is 0 Å². The van der Waals surface area contributed by atoms with Gasteiger partial charge in [-0.15, -0.1) is 0 Å². The molecule has 0 unspecified atom stereocenters. The molecule has 0 aliphatic rings. The number of hydrogen-bond acceptors (Lipinski definition) is 6. The Balaban J connectivity index is 2.24. The van der Waals surface area contributed by atoms with E-state index in [1.807, 2.05) is 6.92 Å². The monoisotopic (exact) mass is 180 g/mol. The number of anilines is 1. The Morgan fingerprint density at radius 1 is 1.62 bits per heavy atom. The summed E-state index contributed by atoms with van der Waals surface area (Å²) in [6, 6.07) is 0. The predicted octanol–water partition coefficient (Wildman–Crippen LogP) is -0.400. The van der Waals surface area contributed by atoms with Crippen LogP contribution in [0.4, 0.5) is 5.95 Å². The predicted molar refractivity (Wildman–Crippen MR) is 42.6 cm³/mol. The summed E-state index contributed by atoms with van der Waals surface area (Å²) in [6.07, 6.45) is 1.55. The van der Waals surface area contributed by atoms with Crippen molar-refractivity contribution in [2.45, 2.75) is 13.5 Å². The van der Waals surface area contributed by atoms with Gasteiger partial charge in [0.25, 0.3) is 0 Å². The van der Waals surface area contributed by atoms with Crippen LogP contribution in [0.5, 0.6) is 0 Å². The second kappa shape index (κ2) is 2.85. The summed E-state index contributed by atoms with van der Waals surface area (Å²) in [5, 5.41) is 14.4. The van der Waals surface area contributed by atoms with Crippen molar-refractivity contribution >= 4 is 5.95 Å². The fourth-order valence-corrected chi connectivity index (χ4v) is 0.950. The molecule has 2 aromatic rings. The maximum absolute atomic E-state index is 5.48. The van der Waals surface area contributed by atoms with Gasteiger partial charge in [-0.2, -0.15) is 0 Å². The minimum Gasteiger partial charge on any atom is -0.367 e. The average Bonchev–Trinajstić information content (AvgIpc) is 2.65. The first kappa shape index (κ1) is 7.71. The summed E-state index contributed by atoms with van der Waals surface area (Å²) in [5.41, 5.74) is 7.21. The van der Waals surface area contributed by atoms with Crippen LogP contribution in [0.1, 0.15) is 11.3 Å². The Kier molecular flexibility index (Phi) is 1.69. The lowest BCUT2D eigenvalue weighted by atomic mass is 10.3. The highest BCUT2D eigenvalue weighted by Crippen LogP contribution is 2.07. The first-order valence-corrected chi connectivity index (χ1v) is 3.69. The molecule has 0 aromatic carbocycles. The van der Waals surface area contributed by atoms with Gasteiger partial charge in [0, 0.05) is 5.56 Å². The van der Waals surface area contributed by atoms with Crippen molar-refractivity contribution in [3.05, 3.63) is 17.5 Å². The molecule has 0 spiro atoms. The lowest BCUT2D eigenvalue weighted by molar-refractivity contribution is 0.414. The van der Waals surface area contributed by atoms with Gasteiger partial charge in [-0.05, 0) is 17.4 Å². The second-order valence-electron chi connectivity index (χ2n) is 2.62. The van der Waals surface area contributed by atoms with Crippen LogP contribution in [-0.2, 0) is 6.54 Å². The van der Waals surface area contributed by atoms with Gasteiger partial charge in [-0.25, -0.2) is 4.68 Å². The molecular formula is C6H8N6O. The Labute approximate surface area is 73.5 Å². The minimum absolute atomic E-state index is 0.278. The van der Waals surface area contributed by atoms with Crippen molar-refractivity contribution in [2.24, 2.45) is 0 Å². The Hall–Kier alpha value is -1.92. The zero-order valence-electron chi connectivity index (χ0n) is 7.01. The summed E-state index contributed by atoms with van der Waals surface area (Å²) in [7, 11) is 0. The zero-order chi connectivity index (χ0) is 9.26. The third-order valence-corrected chi connectivity index (χ3v) is 1.73. The highest BCUT2D eigenvalue weighted by atomic mass is 16.5. The van der Waals surface area contributed by atoms with Crippen LogP contribution in [0, 0.1) is 6.92 Å². The molecule has 7 heteroatoms. The molecular weight excluding hydrogens is 172 g/mol. The van der Waals surface area contributed by atoms with Crippen LogP contribution in [-0.4, -0.2) is 25.4 Å². The van der Waals surface area contributed by atoms with Gasteiger partial charge in [0.1, 0.15) is 6.26 Å². The maximum Gasteiger partial charge on any atom is 0.240 e. The molecule has 2 aromatic heterocycles.